The second-order valence-corrected chi connectivity index (χ2v) is 7.74. The number of rotatable bonds is 7. The molecule has 0 amide bonds. The number of alkyl halides is 6. The lowest BCUT2D eigenvalue weighted by Gasteiger charge is -2.38. The normalized spacial score (nSPS) is 15.1. The summed E-state index contributed by atoms with van der Waals surface area (Å²) in [5.41, 5.74) is -3.02. The Kier molecular flexibility index (Phi) is 7.32. The lowest BCUT2D eigenvalue weighted by atomic mass is 9.77. The van der Waals surface area contributed by atoms with Gasteiger partial charge in [-0.15, -0.1) is 0 Å². The van der Waals surface area contributed by atoms with Gasteiger partial charge in [0.25, 0.3) is 0 Å². The lowest BCUT2D eigenvalue weighted by Crippen LogP contribution is -2.51. The van der Waals surface area contributed by atoms with E-state index in [1.54, 1.807) is 30.3 Å². The molecule has 2 N–H and O–H groups in total. The first-order valence-corrected chi connectivity index (χ1v) is 9.99. The number of aliphatic hydroxyl groups excluding tert-OH is 1. The predicted octanol–water partition coefficient (Wildman–Crippen LogP) is 5.98. The molecule has 10 heteroatoms. The van der Waals surface area contributed by atoms with Crippen LogP contribution in [0.15, 0.2) is 72.8 Å². The fourth-order valence-electron chi connectivity index (χ4n) is 3.66. The number of aliphatic hydroxyl groups is 1. The fourth-order valence-corrected chi connectivity index (χ4v) is 3.66. The minimum atomic E-state index is -5.02. The summed E-state index contributed by atoms with van der Waals surface area (Å²) in [4.78, 5) is 0. The van der Waals surface area contributed by atoms with Gasteiger partial charge in [0.05, 0.1) is 11.1 Å². The molecule has 34 heavy (non-hydrogen) atoms. The van der Waals surface area contributed by atoms with Gasteiger partial charge in [0.15, 0.2) is 6.10 Å². The molecular weight excluding hydrogens is 470 g/mol. The molecule has 0 aliphatic carbocycles. The Morgan fingerprint density at radius 1 is 0.706 bits per heavy atom. The summed E-state index contributed by atoms with van der Waals surface area (Å²) in [6.45, 7) is -1.12. The van der Waals surface area contributed by atoms with E-state index in [4.69, 9.17) is 0 Å². The summed E-state index contributed by atoms with van der Waals surface area (Å²) < 4.78 is 108. The van der Waals surface area contributed by atoms with E-state index in [-0.39, 0.29) is 23.6 Å². The molecule has 1 unspecified atom stereocenters. The van der Waals surface area contributed by atoms with Gasteiger partial charge in [-0.3, -0.25) is 0 Å². The molecule has 3 aromatic carbocycles. The van der Waals surface area contributed by atoms with Crippen molar-refractivity contribution in [1.29, 1.82) is 0 Å². The third-order valence-electron chi connectivity index (χ3n) is 5.34. The van der Waals surface area contributed by atoms with Gasteiger partial charge in [0, 0.05) is 6.54 Å². The molecular formula is C24H19F8NO. The summed E-state index contributed by atoms with van der Waals surface area (Å²) in [5, 5.41) is 12.1. The average molecular weight is 489 g/mol. The van der Waals surface area contributed by atoms with Crippen molar-refractivity contribution < 1.29 is 40.2 Å². The monoisotopic (exact) mass is 489 g/mol. The Morgan fingerprint density at radius 3 is 1.85 bits per heavy atom. The van der Waals surface area contributed by atoms with Gasteiger partial charge in [0.2, 0.25) is 0 Å². The average Bonchev–Trinajstić information content (AvgIpc) is 2.76. The van der Waals surface area contributed by atoms with Gasteiger partial charge < -0.3 is 10.4 Å². The van der Waals surface area contributed by atoms with Crippen LogP contribution < -0.4 is 5.32 Å². The first-order chi connectivity index (χ1) is 15.8. The molecule has 0 spiro atoms. The smallest absolute Gasteiger partial charge is 0.382 e. The SMILES string of the molecule is OC(CN[C@@](Cc1ccccc1)(c1ccc(F)cc1)c1cc(F)cc(C(F)(F)F)c1)C(F)(F)F. The van der Waals surface area contributed by atoms with Crippen LogP contribution in [0.5, 0.6) is 0 Å². The molecule has 2 nitrogen and oxygen atoms in total. The fraction of sp³-hybridized carbons (Fsp3) is 0.250. The first kappa shape index (κ1) is 25.6. The van der Waals surface area contributed by atoms with Crippen LogP contribution in [0, 0.1) is 11.6 Å². The van der Waals surface area contributed by atoms with E-state index in [1.165, 1.54) is 12.1 Å². The van der Waals surface area contributed by atoms with E-state index < -0.39 is 47.7 Å². The molecule has 3 rings (SSSR count). The van der Waals surface area contributed by atoms with Crippen LogP contribution in [0.3, 0.4) is 0 Å². The number of benzene rings is 3. The highest BCUT2D eigenvalue weighted by Gasteiger charge is 2.43. The molecule has 0 saturated heterocycles. The molecule has 3 aromatic rings. The second-order valence-electron chi connectivity index (χ2n) is 7.74. The summed E-state index contributed by atoms with van der Waals surface area (Å²) in [6, 6.07) is 14.1. The highest BCUT2D eigenvalue weighted by Crippen LogP contribution is 2.38. The zero-order valence-corrected chi connectivity index (χ0v) is 17.4. The Bertz CT molecular complexity index is 1100. The van der Waals surface area contributed by atoms with Crippen LogP contribution in [0.2, 0.25) is 0 Å². The molecule has 0 aliphatic rings. The maximum Gasteiger partial charge on any atom is 0.416 e. The Labute approximate surface area is 189 Å². The minimum absolute atomic E-state index is 0.0749. The van der Waals surface area contributed by atoms with E-state index in [2.05, 4.69) is 5.32 Å². The van der Waals surface area contributed by atoms with Crippen molar-refractivity contribution in [1.82, 2.24) is 5.32 Å². The van der Waals surface area contributed by atoms with Gasteiger partial charge in [-0.05, 0) is 53.4 Å². The third-order valence-corrected chi connectivity index (χ3v) is 5.34. The van der Waals surface area contributed by atoms with E-state index in [0.717, 1.165) is 18.2 Å². The quantitative estimate of drug-likeness (QED) is 0.400. The third kappa shape index (κ3) is 5.92. The molecule has 0 bridgehead atoms. The standard InChI is InChI=1S/C24H19F8NO/c25-19-8-6-16(7-9-19)22(13-15-4-2-1-3-5-15,33-14-21(34)24(30,31)32)17-10-18(23(27,28)29)12-20(26)11-17/h1-12,21,33-34H,13-14H2/t21?,22-/m0/s1. The van der Waals surface area contributed by atoms with Crippen LogP contribution in [0.25, 0.3) is 0 Å². The molecule has 0 heterocycles. The van der Waals surface area contributed by atoms with E-state index in [9.17, 15) is 40.2 Å². The van der Waals surface area contributed by atoms with Gasteiger partial charge in [-0.1, -0.05) is 42.5 Å². The molecule has 0 fully saturated rings. The number of nitrogens with one attached hydrogen (secondary N) is 1. The predicted molar refractivity (Wildman–Crippen MR) is 109 cm³/mol. The van der Waals surface area contributed by atoms with Crippen molar-refractivity contribution in [3.63, 3.8) is 0 Å². The van der Waals surface area contributed by atoms with Gasteiger partial charge in [0.1, 0.15) is 11.6 Å². The van der Waals surface area contributed by atoms with E-state index in [0.29, 0.717) is 11.6 Å². The topological polar surface area (TPSA) is 32.3 Å². The summed E-state index contributed by atoms with van der Waals surface area (Å²) in [7, 11) is 0. The van der Waals surface area contributed by atoms with Crippen molar-refractivity contribution in [2.75, 3.05) is 6.54 Å². The van der Waals surface area contributed by atoms with Crippen molar-refractivity contribution in [2.45, 2.75) is 30.4 Å². The molecule has 0 radical (unpaired) electrons. The maximum atomic E-state index is 14.4. The van der Waals surface area contributed by atoms with Crippen molar-refractivity contribution in [3.05, 3.63) is 107 Å². The maximum absolute atomic E-state index is 14.4. The van der Waals surface area contributed by atoms with Crippen LogP contribution in [0.1, 0.15) is 22.3 Å². The lowest BCUT2D eigenvalue weighted by molar-refractivity contribution is -0.202. The van der Waals surface area contributed by atoms with Crippen LogP contribution in [-0.2, 0) is 18.1 Å². The van der Waals surface area contributed by atoms with E-state index >= 15 is 0 Å². The van der Waals surface area contributed by atoms with Crippen molar-refractivity contribution in [2.24, 2.45) is 0 Å². The van der Waals surface area contributed by atoms with E-state index in [1.807, 2.05) is 0 Å². The highest BCUT2D eigenvalue weighted by atomic mass is 19.4. The molecule has 2 atom stereocenters. The number of halogens is 8. The molecule has 0 aliphatic heterocycles. The highest BCUT2D eigenvalue weighted by molar-refractivity contribution is 5.43. The summed E-state index contributed by atoms with van der Waals surface area (Å²) in [6.07, 6.45) is -13.1. The molecule has 0 saturated carbocycles. The zero-order chi connectivity index (χ0) is 25.1. The van der Waals surface area contributed by atoms with Crippen LogP contribution >= 0.6 is 0 Å². The number of hydrogen-bond donors (Lipinski definition) is 2. The molecule has 0 aromatic heterocycles. The number of hydrogen-bond acceptors (Lipinski definition) is 2. The Morgan fingerprint density at radius 2 is 1.29 bits per heavy atom. The first-order valence-electron chi connectivity index (χ1n) is 9.99. The van der Waals surface area contributed by atoms with Crippen LogP contribution in [0.4, 0.5) is 35.1 Å². The van der Waals surface area contributed by atoms with Gasteiger partial charge in [-0.25, -0.2) is 8.78 Å². The summed E-state index contributed by atoms with van der Waals surface area (Å²) >= 11 is 0. The Hall–Kier alpha value is -2.98. The summed E-state index contributed by atoms with van der Waals surface area (Å²) in [5.74, 6) is -1.95. The van der Waals surface area contributed by atoms with Crippen LogP contribution in [-0.4, -0.2) is 23.9 Å². The van der Waals surface area contributed by atoms with Gasteiger partial charge >= 0.3 is 12.4 Å². The van der Waals surface area contributed by atoms with Crippen molar-refractivity contribution >= 4 is 0 Å². The zero-order valence-electron chi connectivity index (χ0n) is 17.4. The van der Waals surface area contributed by atoms with Crippen molar-refractivity contribution in [3.8, 4) is 0 Å². The second kappa shape index (κ2) is 9.71. The molecule has 182 valence electrons. The van der Waals surface area contributed by atoms with Gasteiger partial charge in [-0.2, -0.15) is 26.3 Å². The largest absolute Gasteiger partial charge is 0.416 e. The Balaban J connectivity index is 2.26. The minimum Gasteiger partial charge on any atom is -0.382 e.